The van der Waals surface area contributed by atoms with E-state index in [4.69, 9.17) is 4.74 Å². The van der Waals surface area contributed by atoms with Gasteiger partial charge in [-0.2, -0.15) is 5.10 Å². The van der Waals surface area contributed by atoms with E-state index in [-0.39, 0.29) is 29.6 Å². The number of ether oxygens (including phenoxy) is 1. The van der Waals surface area contributed by atoms with Crippen molar-refractivity contribution in [3.05, 3.63) is 12.5 Å². The zero-order valence-electron chi connectivity index (χ0n) is 15.3. The van der Waals surface area contributed by atoms with E-state index in [1.807, 2.05) is 20.9 Å². The minimum Gasteiger partial charge on any atom is -0.377 e. The summed E-state index contributed by atoms with van der Waals surface area (Å²) >= 11 is 0. The van der Waals surface area contributed by atoms with Crippen LogP contribution in [-0.4, -0.2) is 65.1 Å². The summed E-state index contributed by atoms with van der Waals surface area (Å²) in [5, 5.41) is 14.9. The zero-order chi connectivity index (χ0) is 17.6. The van der Waals surface area contributed by atoms with Gasteiger partial charge in [-0.25, -0.2) is 9.97 Å². The van der Waals surface area contributed by atoms with Crippen LogP contribution in [0, 0.1) is 0 Å². The highest BCUT2D eigenvalue weighted by Gasteiger charge is 2.16. The van der Waals surface area contributed by atoms with Gasteiger partial charge in [-0.05, 0) is 13.8 Å². The molecule has 0 spiro atoms. The number of aliphatic imine (C=N–C) groups is 1. The lowest BCUT2D eigenvalue weighted by molar-refractivity contribution is 0.0268. The van der Waals surface area contributed by atoms with E-state index < -0.39 is 0 Å². The number of aromatic nitrogens is 4. The van der Waals surface area contributed by atoms with Crippen LogP contribution in [0.15, 0.2) is 17.5 Å². The molecule has 0 unspecified atom stereocenters. The highest BCUT2D eigenvalue weighted by Crippen LogP contribution is 2.16. The van der Waals surface area contributed by atoms with Crippen molar-refractivity contribution >= 4 is 46.8 Å². The molecule has 0 bridgehead atoms. The summed E-state index contributed by atoms with van der Waals surface area (Å²) in [6.45, 7) is 6.08. The number of fused-ring (bicyclic) bond motifs is 1. The Morgan fingerprint density at radius 3 is 2.72 bits per heavy atom. The number of rotatable bonds is 7. The largest absolute Gasteiger partial charge is 0.377 e. The molecule has 10 heteroatoms. The summed E-state index contributed by atoms with van der Waals surface area (Å²) in [6.07, 6.45) is 3.30. The molecule has 140 valence electrons. The van der Waals surface area contributed by atoms with Crippen molar-refractivity contribution in [2.24, 2.45) is 12.0 Å². The Morgan fingerprint density at radius 1 is 1.28 bits per heavy atom. The molecule has 0 atom stereocenters. The number of anilines is 1. The molecule has 2 rings (SSSR count). The maximum atomic E-state index is 5.38. The van der Waals surface area contributed by atoms with E-state index in [1.165, 1.54) is 6.33 Å². The molecule has 0 aliphatic rings. The standard InChI is InChI=1S/C15H26N8O.HI/c1-15(2,24-5)9-19-14(16-3)18-7-6-17-12-11-8-22-23(4)13(11)21-10-20-12;/h8,10H,6-7,9H2,1-5H3,(H2,16,18,19)(H,17,20,21);1H. The van der Waals surface area contributed by atoms with Crippen LogP contribution in [-0.2, 0) is 11.8 Å². The molecule has 0 amide bonds. The summed E-state index contributed by atoms with van der Waals surface area (Å²) in [5.74, 6) is 1.51. The van der Waals surface area contributed by atoms with E-state index in [0.717, 1.165) is 22.8 Å². The summed E-state index contributed by atoms with van der Waals surface area (Å²) in [6, 6.07) is 0. The first kappa shape index (κ1) is 21.4. The van der Waals surface area contributed by atoms with E-state index in [9.17, 15) is 0 Å². The number of methoxy groups -OCH3 is 1. The van der Waals surface area contributed by atoms with Crippen LogP contribution in [0.4, 0.5) is 5.82 Å². The highest BCUT2D eigenvalue weighted by molar-refractivity contribution is 14.0. The van der Waals surface area contributed by atoms with Crippen LogP contribution in [0.2, 0.25) is 0 Å². The molecule has 2 aromatic heterocycles. The van der Waals surface area contributed by atoms with Gasteiger partial charge in [0.2, 0.25) is 0 Å². The van der Waals surface area contributed by atoms with Crippen molar-refractivity contribution in [1.29, 1.82) is 0 Å². The second-order valence-corrected chi connectivity index (χ2v) is 5.97. The summed E-state index contributed by atoms with van der Waals surface area (Å²) in [4.78, 5) is 12.7. The van der Waals surface area contributed by atoms with Gasteiger partial charge in [0, 0.05) is 40.8 Å². The van der Waals surface area contributed by atoms with Crippen molar-refractivity contribution in [2.45, 2.75) is 19.4 Å². The molecule has 0 aromatic carbocycles. The fourth-order valence-electron chi connectivity index (χ4n) is 2.05. The molecule has 0 radical (unpaired) electrons. The van der Waals surface area contributed by atoms with Crippen LogP contribution in [0.1, 0.15) is 13.8 Å². The predicted molar refractivity (Wildman–Crippen MR) is 111 cm³/mol. The minimum atomic E-state index is -0.247. The van der Waals surface area contributed by atoms with Crippen molar-refractivity contribution in [3.63, 3.8) is 0 Å². The number of nitrogens with zero attached hydrogens (tertiary/aromatic N) is 5. The number of nitrogens with one attached hydrogen (secondary N) is 3. The van der Waals surface area contributed by atoms with Crippen LogP contribution < -0.4 is 16.0 Å². The Bertz CT molecular complexity index is 700. The molecule has 0 aliphatic carbocycles. The minimum absolute atomic E-state index is 0. The van der Waals surface area contributed by atoms with Gasteiger partial charge in [-0.1, -0.05) is 0 Å². The maximum Gasteiger partial charge on any atom is 0.191 e. The molecular formula is C15H27IN8O. The van der Waals surface area contributed by atoms with Gasteiger partial charge in [0.15, 0.2) is 11.6 Å². The van der Waals surface area contributed by atoms with Gasteiger partial charge in [0.1, 0.15) is 12.1 Å². The Labute approximate surface area is 165 Å². The second kappa shape index (κ2) is 9.70. The molecule has 0 fully saturated rings. The second-order valence-electron chi connectivity index (χ2n) is 5.97. The maximum absolute atomic E-state index is 5.38. The van der Waals surface area contributed by atoms with Gasteiger partial charge in [0.25, 0.3) is 0 Å². The van der Waals surface area contributed by atoms with Crippen molar-refractivity contribution < 1.29 is 4.74 Å². The molecule has 0 saturated heterocycles. The van der Waals surface area contributed by atoms with Crippen LogP contribution in [0.5, 0.6) is 0 Å². The average Bonchev–Trinajstić information content (AvgIpc) is 2.96. The smallest absolute Gasteiger partial charge is 0.191 e. The molecule has 3 N–H and O–H groups in total. The van der Waals surface area contributed by atoms with E-state index in [1.54, 1.807) is 25.0 Å². The normalized spacial score (nSPS) is 12.0. The van der Waals surface area contributed by atoms with Gasteiger partial charge in [-0.3, -0.25) is 9.67 Å². The first-order valence-electron chi connectivity index (χ1n) is 7.83. The fourth-order valence-corrected chi connectivity index (χ4v) is 2.05. The Hall–Kier alpha value is -1.69. The topological polar surface area (TPSA) is 101 Å². The SMILES string of the molecule is CN=C(NCCNc1ncnc2c1cnn2C)NCC(C)(C)OC.I. The first-order chi connectivity index (χ1) is 11.5. The molecule has 0 aliphatic heterocycles. The lowest BCUT2D eigenvalue weighted by atomic mass is 10.1. The molecular weight excluding hydrogens is 435 g/mol. The fraction of sp³-hybridized carbons (Fsp3) is 0.600. The third-order valence-electron chi connectivity index (χ3n) is 3.70. The van der Waals surface area contributed by atoms with Crippen LogP contribution in [0.25, 0.3) is 11.0 Å². The third-order valence-corrected chi connectivity index (χ3v) is 3.70. The van der Waals surface area contributed by atoms with Gasteiger partial charge >= 0.3 is 0 Å². The monoisotopic (exact) mass is 462 g/mol. The van der Waals surface area contributed by atoms with E-state index >= 15 is 0 Å². The lowest BCUT2D eigenvalue weighted by Crippen LogP contribution is -2.46. The summed E-state index contributed by atoms with van der Waals surface area (Å²) in [7, 11) is 5.30. The molecule has 2 aromatic rings. The predicted octanol–water partition coefficient (Wildman–Crippen LogP) is 0.983. The molecule has 9 nitrogen and oxygen atoms in total. The van der Waals surface area contributed by atoms with E-state index in [0.29, 0.717) is 19.6 Å². The van der Waals surface area contributed by atoms with E-state index in [2.05, 4.69) is 36.0 Å². The first-order valence-corrected chi connectivity index (χ1v) is 7.83. The third kappa shape index (κ3) is 5.96. The Kier molecular flexibility index (Phi) is 8.29. The Morgan fingerprint density at radius 2 is 2.04 bits per heavy atom. The van der Waals surface area contributed by atoms with Crippen molar-refractivity contribution in [1.82, 2.24) is 30.4 Å². The quantitative estimate of drug-likeness (QED) is 0.244. The summed E-state index contributed by atoms with van der Waals surface area (Å²) in [5.41, 5.74) is 0.558. The molecule has 2 heterocycles. The van der Waals surface area contributed by atoms with Gasteiger partial charge < -0.3 is 20.7 Å². The molecule has 25 heavy (non-hydrogen) atoms. The van der Waals surface area contributed by atoms with Crippen molar-refractivity contribution in [3.8, 4) is 0 Å². The van der Waals surface area contributed by atoms with Crippen LogP contribution in [0.3, 0.4) is 0 Å². The van der Waals surface area contributed by atoms with Gasteiger partial charge in [-0.15, -0.1) is 24.0 Å². The Balaban J connectivity index is 0.00000312. The number of halogens is 1. The highest BCUT2D eigenvalue weighted by atomic mass is 127. The molecule has 0 saturated carbocycles. The van der Waals surface area contributed by atoms with Gasteiger partial charge in [0.05, 0.1) is 17.2 Å². The summed E-state index contributed by atoms with van der Waals surface area (Å²) < 4.78 is 7.11. The average molecular weight is 462 g/mol. The zero-order valence-corrected chi connectivity index (χ0v) is 17.7. The number of hydrogen-bond acceptors (Lipinski definition) is 6. The number of guanidine groups is 1. The van der Waals surface area contributed by atoms with Crippen molar-refractivity contribution in [2.75, 3.05) is 39.1 Å². The number of hydrogen-bond donors (Lipinski definition) is 3. The lowest BCUT2D eigenvalue weighted by Gasteiger charge is -2.24. The van der Waals surface area contributed by atoms with Crippen LogP contribution >= 0.6 is 24.0 Å². The number of aryl methyl sites for hydroxylation is 1.